The first-order valence-corrected chi connectivity index (χ1v) is 7.75. The molecule has 0 aliphatic heterocycles. The van der Waals surface area contributed by atoms with Crippen molar-refractivity contribution >= 4 is 40.8 Å². The number of nitrogens with one attached hydrogen (secondary N) is 1. The second-order valence-corrected chi connectivity index (χ2v) is 5.63. The maximum Gasteiger partial charge on any atom is 0.145 e. The lowest BCUT2D eigenvalue weighted by molar-refractivity contribution is 0.324. The van der Waals surface area contributed by atoms with E-state index < -0.39 is 0 Å². The van der Waals surface area contributed by atoms with Gasteiger partial charge in [0.15, 0.2) is 0 Å². The van der Waals surface area contributed by atoms with Crippen molar-refractivity contribution in [3.63, 3.8) is 0 Å². The molecule has 1 heterocycles. The molecule has 0 saturated carbocycles. The van der Waals surface area contributed by atoms with Gasteiger partial charge in [-0.2, -0.15) is 0 Å². The van der Waals surface area contributed by atoms with Gasteiger partial charge in [0, 0.05) is 19.3 Å². The normalized spacial score (nSPS) is 11.0. The molecule has 102 valence electrons. The summed E-state index contributed by atoms with van der Waals surface area (Å²) in [6, 6.07) is 1.74. The van der Waals surface area contributed by atoms with Crippen molar-refractivity contribution in [1.29, 1.82) is 0 Å². The summed E-state index contributed by atoms with van der Waals surface area (Å²) >= 11 is 13.8. The quantitative estimate of drug-likeness (QED) is 0.774. The standard InChI is InChI=1S/C12H19Cl2N3S/c1-4-17(5-2)6-7-18-12-10(14)8-9(13)11(15-3)16-12/h8H,4-7H2,1-3H3,(H,15,16). The van der Waals surface area contributed by atoms with Crippen molar-refractivity contribution < 1.29 is 0 Å². The van der Waals surface area contributed by atoms with E-state index in [9.17, 15) is 0 Å². The van der Waals surface area contributed by atoms with Crippen LogP contribution >= 0.6 is 35.0 Å². The molecule has 0 saturated heterocycles. The smallest absolute Gasteiger partial charge is 0.145 e. The summed E-state index contributed by atoms with van der Waals surface area (Å²) in [5.74, 6) is 1.64. The molecule has 0 amide bonds. The fraction of sp³-hybridized carbons (Fsp3) is 0.583. The maximum absolute atomic E-state index is 6.13. The van der Waals surface area contributed by atoms with Gasteiger partial charge >= 0.3 is 0 Å². The Morgan fingerprint density at radius 1 is 1.28 bits per heavy atom. The highest BCUT2D eigenvalue weighted by Gasteiger charge is 2.09. The van der Waals surface area contributed by atoms with E-state index in [4.69, 9.17) is 23.2 Å². The van der Waals surface area contributed by atoms with E-state index in [-0.39, 0.29) is 0 Å². The van der Waals surface area contributed by atoms with Crippen LogP contribution in [0.3, 0.4) is 0 Å². The molecule has 0 atom stereocenters. The average Bonchev–Trinajstić information content (AvgIpc) is 2.37. The van der Waals surface area contributed by atoms with Crippen molar-refractivity contribution in [3.8, 4) is 0 Å². The van der Waals surface area contributed by atoms with Gasteiger partial charge < -0.3 is 10.2 Å². The SMILES string of the molecule is CCN(CC)CCSc1nc(NC)c(Cl)cc1Cl. The van der Waals surface area contributed by atoms with Crippen LogP contribution in [-0.4, -0.2) is 42.3 Å². The van der Waals surface area contributed by atoms with E-state index in [0.717, 1.165) is 30.4 Å². The van der Waals surface area contributed by atoms with E-state index in [2.05, 4.69) is 29.0 Å². The molecule has 0 bridgehead atoms. The largest absolute Gasteiger partial charge is 0.372 e. The van der Waals surface area contributed by atoms with E-state index in [1.54, 1.807) is 24.9 Å². The molecule has 0 spiro atoms. The number of halogens is 2. The van der Waals surface area contributed by atoms with Gasteiger partial charge in [-0.25, -0.2) is 4.98 Å². The number of hydrogen-bond acceptors (Lipinski definition) is 4. The number of aromatic nitrogens is 1. The number of thioether (sulfide) groups is 1. The summed E-state index contributed by atoms with van der Waals surface area (Å²) in [5, 5.41) is 4.96. The van der Waals surface area contributed by atoms with Crippen LogP contribution in [0.1, 0.15) is 13.8 Å². The minimum absolute atomic E-state index is 0.551. The monoisotopic (exact) mass is 307 g/mol. The fourth-order valence-corrected chi connectivity index (χ4v) is 3.05. The molecule has 1 rings (SSSR count). The predicted octanol–water partition coefficient (Wildman–Crippen LogP) is 3.86. The topological polar surface area (TPSA) is 28.2 Å². The Hall–Kier alpha value is -0.160. The van der Waals surface area contributed by atoms with E-state index >= 15 is 0 Å². The minimum Gasteiger partial charge on any atom is -0.372 e. The number of anilines is 1. The minimum atomic E-state index is 0.551. The molecule has 0 radical (unpaired) electrons. The zero-order valence-electron chi connectivity index (χ0n) is 11.0. The molecule has 3 nitrogen and oxygen atoms in total. The molecule has 1 aromatic rings. The summed E-state index contributed by atoms with van der Waals surface area (Å²) < 4.78 is 0. The van der Waals surface area contributed by atoms with Crippen molar-refractivity contribution in [3.05, 3.63) is 16.1 Å². The highest BCUT2D eigenvalue weighted by Crippen LogP contribution is 2.31. The Morgan fingerprint density at radius 2 is 1.94 bits per heavy atom. The lowest BCUT2D eigenvalue weighted by Gasteiger charge is -2.17. The summed E-state index contributed by atoms with van der Waals surface area (Å²) in [6.45, 7) is 7.51. The summed E-state index contributed by atoms with van der Waals surface area (Å²) in [4.78, 5) is 6.78. The predicted molar refractivity (Wildman–Crippen MR) is 82.3 cm³/mol. The molecule has 1 N–H and O–H groups in total. The molecule has 0 unspecified atom stereocenters. The van der Waals surface area contributed by atoms with Crippen LogP contribution in [-0.2, 0) is 0 Å². The molecule has 0 aliphatic rings. The third kappa shape index (κ3) is 4.50. The Labute approximate surface area is 123 Å². The van der Waals surface area contributed by atoms with Gasteiger partial charge in [-0.15, -0.1) is 11.8 Å². The number of nitrogens with zero attached hydrogens (tertiary/aromatic N) is 2. The van der Waals surface area contributed by atoms with Gasteiger partial charge in [0.05, 0.1) is 10.0 Å². The Kier molecular flexibility index (Phi) is 7.15. The van der Waals surface area contributed by atoms with Gasteiger partial charge in [0.2, 0.25) is 0 Å². The van der Waals surface area contributed by atoms with Crippen LogP contribution in [0.5, 0.6) is 0 Å². The first-order chi connectivity index (χ1) is 8.62. The zero-order valence-corrected chi connectivity index (χ0v) is 13.3. The molecule has 0 aromatic carbocycles. The lowest BCUT2D eigenvalue weighted by atomic mass is 10.4. The third-order valence-corrected chi connectivity index (χ3v) is 4.33. The number of pyridine rings is 1. The lowest BCUT2D eigenvalue weighted by Crippen LogP contribution is -2.25. The van der Waals surface area contributed by atoms with Crippen LogP contribution < -0.4 is 5.32 Å². The first-order valence-electron chi connectivity index (χ1n) is 6.01. The van der Waals surface area contributed by atoms with Crippen LogP contribution in [0, 0.1) is 0 Å². The van der Waals surface area contributed by atoms with E-state index in [1.165, 1.54) is 0 Å². The van der Waals surface area contributed by atoms with Crippen LogP contribution in [0.2, 0.25) is 10.0 Å². The Morgan fingerprint density at radius 3 is 2.50 bits per heavy atom. The summed E-state index contributed by atoms with van der Waals surface area (Å²) in [5.41, 5.74) is 0. The third-order valence-electron chi connectivity index (χ3n) is 2.67. The molecule has 6 heteroatoms. The van der Waals surface area contributed by atoms with Gasteiger partial charge in [-0.1, -0.05) is 37.0 Å². The van der Waals surface area contributed by atoms with E-state index in [1.807, 2.05) is 0 Å². The van der Waals surface area contributed by atoms with Crippen molar-refractivity contribution in [2.24, 2.45) is 0 Å². The van der Waals surface area contributed by atoms with Crippen molar-refractivity contribution in [2.75, 3.05) is 37.8 Å². The van der Waals surface area contributed by atoms with Crippen molar-refractivity contribution in [2.45, 2.75) is 18.9 Å². The molecular weight excluding hydrogens is 289 g/mol. The highest BCUT2D eigenvalue weighted by atomic mass is 35.5. The molecule has 0 fully saturated rings. The summed E-state index contributed by atoms with van der Waals surface area (Å²) in [7, 11) is 1.80. The fourth-order valence-electron chi connectivity index (χ4n) is 1.54. The molecule has 1 aromatic heterocycles. The molecule has 18 heavy (non-hydrogen) atoms. The van der Waals surface area contributed by atoms with Crippen molar-refractivity contribution in [1.82, 2.24) is 9.88 Å². The van der Waals surface area contributed by atoms with Crippen LogP contribution in [0.4, 0.5) is 5.82 Å². The van der Waals surface area contributed by atoms with Gasteiger partial charge in [-0.3, -0.25) is 0 Å². The number of rotatable bonds is 7. The van der Waals surface area contributed by atoms with Crippen LogP contribution in [0.15, 0.2) is 11.1 Å². The number of hydrogen-bond donors (Lipinski definition) is 1. The van der Waals surface area contributed by atoms with Crippen LogP contribution in [0.25, 0.3) is 0 Å². The van der Waals surface area contributed by atoms with Gasteiger partial charge in [-0.05, 0) is 19.2 Å². The zero-order chi connectivity index (χ0) is 13.5. The van der Waals surface area contributed by atoms with Gasteiger partial charge in [0.25, 0.3) is 0 Å². The maximum atomic E-state index is 6.13. The molecular formula is C12H19Cl2N3S. The Balaban J connectivity index is 2.61. The Bertz CT molecular complexity index is 384. The highest BCUT2D eigenvalue weighted by molar-refractivity contribution is 7.99. The second kappa shape index (κ2) is 8.10. The van der Waals surface area contributed by atoms with E-state index in [0.29, 0.717) is 15.9 Å². The first kappa shape index (κ1) is 15.9. The summed E-state index contributed by atoms with van der Waals surface area (Å²) in [6.07, 6.45) is 0. The average molecular weight is 308 g/mol. The molecule has 0 aliphatic carbocycles. The second-order valence-electron chi connectivity index (χ2n) is 3.73. The van der Waals surface area contributed by atoms with Gasteiger partial charge in [0.1, 0.15) is 10.8 Å².